The summed E-state index contributed by atoms with van der Waals surface area (Å²) in [6.07, 6.45) is 2.21. The minimum atomic E-state index is -1.63. The molecular weight excluding hydrogens is 400 g/mol. The summed E-state index contributed by atoms with van der Waals surface area (Å²) >= 11 is 0. The van der Waals surface area contributed by atoms with Crippen molar-refractivity contribution in [3.05, 3.63) is 94.7 Å². The minimum Gasteiger partial charge on any atom is -0.363 e. The fraction of sp³-hybridized carbons (Fsp3) is 0.333. The Labute approximate surface area is 190 Å². The van der Waals surface area contributed by atoms with Gasteiger partial charge < -0.3 is 15.3 Å². The Morgan fingerprint density at radius 1 is 1.06 bits per heavy atom. The molecule has 1 aliphatic rings. The molecule has 0 spiro atoms. The second-order valence-electron chi connectivity index (χ2n) is 8.55. The molecule has 0 fully saturated rings. The number of benzene rings is 2. The number of rotatable bonds is 8. The summed E-state index contributed by atoms with van der Waals surface area (Å²) < 4.78 is 0. The van der Waals surface area contributed by atoms with E-state index in [1.807, 2.05) is 55.1 Å². The maximum absolute atomic E-state index is 13.2. The van der Waals surface area contributed by atoms with Crippen LogP contribution in [-0.2, 0) is 10.5 Å². The summed E-state index contributed by atoms with van der Waals surface area (Å²) in [4.78, 5) is 28.3. The lowest BCUT2D eigenvalue weighted by Gasteiger charge is -2.39. The van der Waals surface area contributed by atoms with E-state index in [9.17, 15) is 14.7 Å². The molecule has 0 saturated carbocycles. The Kier molecular flexibility index (Phi) is 7.31. The molecule has 2 aromatic carbocycles. The summed E-state index contributed by atoms with van der Waals surface area (Å²) in [6.45, 7) is 8.99. The van der Waals surface area contributed by atoms with E-state index < -0.39 is 5.72 Å². The van der Waals surface area contributed by atoms with Gasteiger partial charge in [-0.05, 0) is 25.3 Å². The number of nitrogens with zero attached hydrogens (tertiary/aromatic N) is 1. The largest absolute Gasteiger partial charge is 0.363 e. The summed E-state index contributed by atoms with van der Waals surface area (Å²) in [5.74, 6) is -0.309. The molecule has 0 saturated heterocycles. The van der Waals surface area contributed by atoms with Crippen molar-refractivity contribution in [1.82, 2.24) is 10.2 Å². The predicted octanol–water partition coefficient (Wildman–Crippen LogP) is 4.41. The van der Waals surface area contributed by atoms with Crippen molar-refractivity contribution in [1.29, 1.82) is 0 Å². The van der Waals surface area contributed by atoms with Crippen LogP contribution < -0.4 is 5.32 Å². The molecule has 1 heterocycles. The van der Waals surface area contributed by atoms with Crippen LogP contribution in [-0.4, -0.2) is 34.8 Å². The molecule has 0 aliphatic carbocycles. The summed E-state index contributed by atoms with van der Waals surface area (Å²) in [6, 6.07) is 18.1. The Balaban J connectivity index is 2.22. The Morgan fingerprint density at radius 3 is 2.22 bits per heavy atom. The maximum Gasteiger partial charge on any atom is 0.253 e. The van der Waals surface area contributed by atoms with E-state index in [-0.39, 0.29) is 17.6 Å². The number of nitrogens with one attached hydrogen (secondary N) is 1. The number of aliphatic hydroxyl groups is 1. The van der Waals surface area contributed by atoms with E-state index in [0.29, 0.717) is 41.1 Å². The van der Waals surface area contributed by atoms with E-state index in [0.717, 1.165) is 6.42 Å². The van der Waals surface area contributed by atoms with Gasteiger partial charge in [-0.2, -0.15) is 0 Å². The molecule has 1 aliphatic heterocycles. The minimum absolute atomic E-state index is 0.226. The van der Waals surface area contributed by atoms with Crippen LogP contribution in [0.15, 0.2) is 83.6 Å². The number of allylic oxidation sites excluding steroid dienone is 2. The van der Waals surface area contributed by atoms with Crippen LogP contribution in [0.4, 0.5) is 0 Å². The Bertz CT molecular complexity index is 1030. The topological polar surface area (TPSA) is 69.6 Å². The fourth-order valence-electron chi connectivity index (χ4n) is 4.11. The molecule has 3 rings (SSSR count). The average molecular weight is 433 g/mol. The van der Waals surface area contributed by atoms with Gasteiger partial charge in [0.15, 0.2) is 11.5 Å². The first-order valence-electron chi connectivity index (χ1n) is 11.2. The van der Waals surface area contributed by atoms with Crippen LogP contribution in [0.25, 0.3) is 0 Å². The van der Waals surface area contributed by atoms with Gasteiger partial charge in [-0.3, -0.25) is 9.59 Å². The zero-order valence-electron chi connectivity index (χ0n) is 19.3. The number of ketones is 1. The number of hydrogen-bond acceptors (Lipinski definition) is 4. The van der Waals surface area contributed by atoms with Crippen LogP contribution in [0.2, 0.25) is 0 Å². The lowest BCUT2D eigenvalue weighted by Crippen LogP contribution is -2.44. The third kappa shape index (κ3) is 4.53. The van der Waals surface area contributed by atoms with Crippen molar-refractivity contribution < 1.29 is 14.7 Å². The van der Waals surface area contributed by atoms with E-state index in [4.69, 9.17) is 0 Å². The first-order valence-corrected chi connectivity index (χ1v) is 11.2. The summed E-state index contributed by atoms with van der Waals surface area (Å²) in [5.41, 5.74) is 0.817. The summed E-state index contributed by atoms with van der Waals surface area (Å²) in [5, 5.41) is 15.1. The molecular formula is C27H32N2O3. The first kappa shape index (κ1) is 23.5. The highest BCUT2D eigenvalue weighted by molar-refractivity contribution is 6.08. The zero-order chi connectivity index (χ0) is 23.3. The van der Waals surface area contributed by atoms with Crippen LogP contribution in [0.5, 0.6) is 0 Å². The molecule has 1 unspecified atom stereocenters. The second kappa shape index (κ2) is 9.96. The lowest BCUT2D eigenvalue weighted by molar-refractivity contribution is -0.117. The quantitative estimate of drug-likeness (QED) is 0.479. The maximum atomic E-state index is 13.2. The fourth-order valence-corrected chi connectivity index (χ4v) is 4.11. The monoisotopic (exact) mass is 432 g/mol. The van der Waals surface area contributed by atoms with Crippen molar-refractivity contribution in [2.75, 3.05) is 13.1 Å². The SMILES string of the molecule is CCCNC(=O)C1=C(C)N(CC(C)C)C(O)(c2ccccc2)/C1=C/C(=O)c1ccccc1. The second-order valence-corrected chi connectivity index (χ2v) is 8.55. The molecule has 168 valence electrons. The Hall–Kier alpha value is -3.18. The Morgan fingerprint density at radius 2 is 1.66 bits per heavy atom. The number of amides is 1. The number of carbonyl (C=O) groups is 2. The zero-order valence-corrected chi connectivity index (χ0v) is 19.3. The van der Waals surface area contributed by atoms with Crippen LogP contribution in [0.3, 0.4) is 0 Å². The van der Waals surface area contributed by atoms with Crippen LogP contribution in [0.1, 0.15) is 50.0 Å². The van der Waals surface area contributed by atoms with Gasteiger partial charge in [-0.25, -0.2) is 0 Å². The molecule has 2 aromatic rings. The molecule has 5 heteroatoms. The van der Waals surface area contributed by atoms with Gasteiger partial charge >= 0.3 is 0 Å². The molecule has 1 atom stereocenters. The van der Waals surface area contributed by atoms with Gasteiger partial charge in [-0.1, -0.05) is 81.4 Å². The third-order valence-electron chi connectivity index (χ3n) is 5.62. The molecule has 1 amide bonds. The van der Waals surface area contributed by atoms with Crippen molar-refractivity contribution in [3.63, 3.8) is 0 Å². The average Bonchev–Trinajstić information content (AvgIpc) is 3.00. The van der Waals surface area contributed by atoms with Crippen molar-refractivity contribution >= 4 is 11.7 Å². The molecule has 32 heavy (non-hydrogen) atoms. The van der Waals surface area contributed by atoms with Crippen molar-refractivity contribution in [3.8, 4) is 0 Å². The number of hydrogen-bond donors (Lipinski definition) is 2. The molecule has 2 N–H and O–H groups in total. The van der Waals surface area contributed by atoms with Gasteiger partial charge in [0.05, 0.1) is 5.57 Å². The molecule has 0 radical (unpaired) electrons. The number of carbonyl (C=O) groups excluding carboxylic acids is 2. The van der Waals surface area contributed by atoms with Crippen LogP contribution in [0, 0.1) is 5.92 Å². The van der Waals surface area contributed by atoms with E-state index in [1.54, 1.807) is 24.3 Å². The lowest BCUT2D eigenvalue weighted by atomic mass is 9.89. The highest BCUT2D eigenvalue weighted by atomic mass is 16.3. The van der Waals surface area contributed by atoms with Gasteiger partial charge in [0, 0.05) is 35.5 Å². The third-order valence-corrected chi connectivity index (χ3v) is 5.62. The van der Waals surface area contributed by atoms with Crippen LogP contribution >= 0.6 is 0 Å². The van der Waals surface area contributed by atoms with Gasteiger partial charge in [0.1, 0.15) is 0 Å². The van der Waals surface area contributed by atoms with E-state index in [1.165, 1.54) is 6.08 Å². The van der Waals surface area contributed by atoms with Gasteiger partial charge in [0.25, 0.3) is 5.91 Å². The predicted molar refractivity (Wildman–Crippen MR) is 127 cm³/mol. The standard InChI is InChI=1S/C27H32N2O3/c1-5-16-28-26(31)25-20(4)29(18-19(2)3)27(32,22-14-10-7-11-15-22)23(25)17-24(30)21-12-8-6-9-13-21/h6-15,17,19,32H,5,16,18H2,1-4H3,(H,28,31)/b23-17+. The molecule has 0 bridgehead atoms. The molecule has 5 nitrogen and oxygen atoms in total. The van der Waals surface area contributed by atoms with Crippen molar-refractivity contribution in [2.45, 2.75) is 39.8 Å². The summed E-state index contributed by atoms with van der Waals surface area (Å²) in [7, 11) is 0. The highest BCUT2D eigenvalue weighted by Gasteiger charge is 2.50. The van der Waals surface area contributed by atoms with Crippen molar-refractivity contribution in [2.24, 2.45) is 5.92 Å². The smallest absolute Gasteiger partial charge is 0.253 e. The van der Waals surface area contributed by atoms with Gasteiger partial charge in [-0.15, -0.1) is 0 Å². The van der Waals surface area contributed by atoms with E-state index >= 15 is 0 Å². The molecule has 0 aromatic heterocycles. The van der Waals surface area contributed by atoms with Gasteiger partial charge in [0.2, 0.25) is 0 Å². The first-order chi connectivity index (χ1) is 15.3. The van der Waals surface area contributed by atoms with E-state index in [2.05, 4.69) is 19.2 Å². The highest BCUT2D eigenvalue weighted by Crippen LogP contribution is 2.47. The normalized spacial score (nSPS) is 19.7.